The minimum absolute atomic E-state index is 0.223. The number of aryl methyl sites for hydroxylation is 2. The number of ether oxygens (including phenoxy) is 8. The number of nitrogens with zero attached hydrogens (tertiary/aromatic N) is 2. The van der Waals surface area contributed by atoms with Crippen LogP contribution in [0, 0.1) is 0 Å². The Morgan fingerprint density at radius 1 is 0.672 bits per heavy atom. The maximum atomic E-state index is 13.3. The summed E-state index contributed by atoms with van der Waals surface area (Å²) in [5.74, 6) is -1.45. The molecular weight excluding hydrogens is 885 g/mol. The predicted octanol–water partition coefficient (Wildman–Crippen LogP) is 0.454. The number of guanidine groups is 2. The van der Waals surface area contributed by atoms with Gasteiger partial charge in [-0.3, -0.25) is 25.0 Å². The third kappa shape index (κ3) is 13.2. The number of carbonyl (C=O) groups is 7. The van der Waals surface area contributed by atoms with Crippen molar-refractivity contribution in [1.29, 1.82) is 0 Å². The molecule has 2 saturated heterocycles. The first kappa shape index (κ1) is 48.2. The lowest BCUT2D eigenvalue weighted by Crippen LogP contribution is -2.60. The lowest BCUT2D eigenvalue weighted by Gasteiger charge is -2.39. The van der Waals surface area contributed by atoms with Crippen LogP contribution in [0.1, 0.15) is 31.9 Å². The summed E-state index contributed by atoms with van der Waals surface area (Å²) in [6.07, 6.45) is -6.98. The van der Waals surface area contributed by atoms with E-state index in [-0.39, 0.29) is 30.9 Å². The van der Waals surface area contributed by atoms with Crippen LogP contribution in [0.4, 0.5) is 30.6 Å². The number of allylic oxidation sites excluding steroid dienone is 2. The van der Waals surface area contributed by atoms with Crippen molar-refractivity contribution in [2.45, 2.75) is 94.4 Å². The van der Waals surface area contributed by atoms with E-state index in [2.05, 4.69) is 31.3 Å². The Kier molecular flexibility index (Phi) is 15.6. The van der Waals surface area contributed by atoms with Crippen molar-refractivity contribution in [3.63, 3.8) is 0 Å². The molecule has 0 unspecified atom stereocenters. The first-order chi connectivity index (χ1) is 31.9. The number of anilines is 2. The normalized spacial score (nSPS) is 24.8. The maximum Gasteiger partial charge on any atom is 0.508 e. The molecule has 0 saturated carbocycles. The fourth-order valence-corrected chi connectivity index (χ4v) is 7.65. The maximum absolute atomic E-state index is 13.3. The molecule has 4 aliphatic rings. The van der Waals surface area contributed by atoms with E-state index >= 15 is 0 Å². The van der Waals surface area contributed by atoms with Crippen LogP contribution in [0.5, 0.6) is 0 Å². The first-order valence-electron chi connectivity index (χ1n) is 20.6. The SMILES string of the molecule is CC(=O)N[C@H]1[C@H]([C@H](OC(=O)Nc2ccc(CCc3ccc(NC(=O)O[C@@H]([C@@H]4OC(C=O)=C[C@H](N=C(N)N)[C@H]4NC(C)=O)[C@H]4COC(=O)O4)cc3)cc2)[C@H]2COC(=O)O2)OC(C)=C[C@@H]1N=C(N)N. The van der Waals surface area contributed by atoms with Crippen molar-refractivity contribution in [1.82, 2.24) is 10.6 Å². The molecule has 2 aromatic carbocycles. The number of carbonyl (C=O) groups excluding carboxylic acids is 7. The smallest absolute Gasteiger partial charge is 0.489 e. The summed E-state index contributed by atoms with van der Waals surface area (Å²) >= 11 is 0. The molecule has 4 aliphatic heterocycles. The number of benzene rings is 2. The van der Waals surface area contributed by atoms with E-state index in [4.69, 9.17) is 60.8 Å². The number of cyclic esters (lactones) is 4. The average molecular weight is 935 g/mol. The molecule has 2 fully saturated rings. The van der Waals surface area contributed by atoms with E-state index in [0.29, 0.717) is 36.3 Å². The Labute approximate surface area is 381 Å². The second-order valence-corrected chi connectivity index (χ2v) is 15.5. The molecule has 10 atom stereocenters. The largest absolute Gasteiger partial charge is 0.508 e. The summed E-state index contributed by atoms with van der Waals surface area (Å²) < 4.78 is 43.8. The summed E-state index contributed by atoms with van der Waals surface area (Å²) in [7, 11) is 0. The Morgan fingerprint density at radius 3 is 1.46 bits per heavy atom. The zero-order valence-electron chi connectivity index (χ0n) is 36.3. The first-order valence-corrected chi connectivity index (χ1v) is 20.6. The zero-order chi connectivity index (χ0) is 48.4. The van der Waals surface area contributed by atoms with Gasteiger partial charge in [-0.1, -0.05) is 24.3 Å². The van der Waals surface area contributed by atoms with Crippen LogP contribution in [0.25, 0.3) is 0 Å². The molecule has 0 spiro atoms. The number of nitrogens with two attached hydrogens (primary N) is 4. The molecule has 2 aromatic rings. The standard InChI is InChI=1S/C42H50N10O15/c1-19-14-27(51-37(43)44)31(47-20(2)54)35(62-19)33(29-17-60-41(58)64-29)66-39(56)49-24-10-6-22(7-11-24)4-5-23-8-12-25(13-9-23)50-40(57)67-34(30-18-61-42(59)65-30)36-32(48-21(3)55)28(52-38(45)46)15-26(16-53)63-36/h6-16,27-36H,4-5,17-18H2,1-3H3,(H,47,54)(H,48,55)(H,49,56)(H,50,57)(H4,43,44,51)(H4,45,46,52)/t27-,28-,29+,30+,31+,32+,33+,34+,35+,36+/m0/s1. The molecule has 0 radical (unpaired) electrons. The van der Waals surface area contributed by atoms with E-state index in [1.54, 1.807) is 61.5 Å². The quantitative estimate of drug-likeness (QED) is 0.0372. The molecule has 67 heavy (non-hydrogen) atoms. The van der Waals surface area contributed by atoms with Gasteiger partial charge in [-0.25, -0.2) is 29.2 Å². The average Bonchev–Trinajstić information content (AvgIpc) is 3.90. The van der Waals surface area contributed by atoms with Crippen LogP contribution in [-0.2, 0) is 65.1 Å². The van der Waals surface area contributed by atoms with Crippen LogP contribution in [0.3, 0.4) is 0 Å². The van der Waals surface area contributed by atoms with Crippen molar-refractivity contribution in [3.05, 3.63) is 83.3 Å². The van der Waals surface area contributed by atoms with Gasteiger partial charge in [0.15, 0.2) is 60.6 Å². The highest BCUT2D eigenvalue weighted by molar-refractivity contribution is 5.86. The van der Waals surface area contributed by atoms with Gasteiger partial charge in [0.2, 0.25) is 11.8 Å². The van der Waals surface area contributed by atoms with E-state index in [0.717, 1.165) is 11.1 Å². The van der Waals surface area contributed by atoms with Crippen LogP contribution in [-0.4, -0.2) is 129 Å². The molecule has 25 nitrogen and oxygen atoms in total. The van der Waals surface area contributed by atoms with Crippen molar-refractivity contribution in [2.75, 3.05) is 23.8 Å². The van der Waals surface area contributed by atoms with Gasteiger partial charge < -0.3 is 71.5 Å². The van der Waals surface area contributed by atoms with Crippen molar-refractivity contribution in [3.8, 4) is 0 Å². The zero-order valence-corrected chi connectivity index (χ0v) is 36.3. The van der Waals surface area contributed by atoms with E-state index in [1.807, 2.05) is 0 Å². The summed E-state index contributed by atoms with van der Waals surface area (Å²) in [6.45, 7) is 3.53. The summed E-state index contributed by atoms with van der Waals surface area (Å²) in [5.41, 5.74) is 25.1. The second-order valence-electron chi connectivity index (χ2n) is 15.5. The molecular formula is C42H50N10O15. The topological polar surface area (TPSA) is 370 Å². The highest BCUT2D eigenvalue weighted by Crippen LogP contribution is 2.31. The van der Waals surface area contributed by atoms with Crippen molar-refractivity contribution < 1.29 is 71.5 Å². The molecule has 0 aromatic heterocycles. The minimum Gasteiger partial charge on any atom is -0.489 e. The molecule has 4 amide bonds. The van der Waals surface area contributed by atoms with Crippen LogP contribution < -0.4 is 44.2 Å². The molecule has 0 aliphatic carbocycles. The molecule has 25 heteroatoms. The lowest BCUT2D eigenvalue weighted by atomic mass is 9.92. The van der Waals surface area contributed by atoms with Gasteiger partial charge in [-0.05, 0) is 67.3 Å². The van der Waals surface area contributed by atoms with Crippen LogP contribution in [0.15, 0.2) is 82.2 Å². The Bertz CT molecular complexity index is 2320. The number of hydrogen-bond acceptors (Lipinski definition) is 17. The molecule has 6 rings (SSSR count). The van der Waals surface area contributed by atoms with Gasteiger partial charge in [-0.2, -0.15) is 0 Å². The molecule has 358 valence electrons. The van der Waals surface area contributed by atoms with Gasteiger partial charge in [0, 0.05) is 25.2 Å². The summed E-state index contributed by atoms with van der Waals surface area (Å²) in [5, 5.41) is 10.7. The van der Waals surface area contributed by atoms with Gasteiger partial charge in [0.25, 0.3) is 0 Å². The number of nitrogens with one attached hydrogen (secondary N) is 4. The predicted molar refractivity (Wildman–Crippen MR) is 233 cm³/mol. The fourth-order valence-electron chi connectivity index (χ4n) is 7.65. The number of rotatable bonds is 16. The number of aldehydes is 1. The van der Waals surface area contributed by atoms with Crippen molar-refractivity contribution in [2.24, 2.45) is 32.9 Å². The second kappa shape index (κ2) is 21.6. The molecule has 12 N–H and O–H groups in total. The molecule has 0 bridgehead atoms. The number of amides is 4. The third-order valence-corrected chi connectivity index (χ3v) is 10.4. The summed E-state index contributed by atoms with van der Waals surface area (Å²) in [4.78, 5) is 95.1. The highest BCUT2D eigenvalue weighted by atomic mass is 16.8. The minimum atomic E-state index is -1.44. The Balaban J connectivity index is 1.06. The van der Waals surface area contributed by atoms with E-state index in [1.165, 1.54) is 19.9 Å². The Morgan fingerprint density at radius 2 is 1.09 bits per heavy atom. The highest BCUT2D eigenvalue weighted by Gasteiger charge is 2.50. The number of hydrogen-bond donors (Lipinski definition) is 8. The Hall–Kier alpha value is -8.25. The van der Waals surface area contributed by atoms with Crippen LogP contribution in [0.2, 0.25) is 0 Å². The van der Waals surface area contributed by atoms with E-state index in [9.17, 15) is 33.6 Å². The molecule has 4 heterocycles. The van der Waals surface area contributed by atoms with Gasteiger partial charge in [-0.15, -0.1) is 0 Å². The van der Waals surface area contributed by atoms with Gasteiger partial charge >= 0.3 is 24.5 Å². The monoisotopic (exact) mass is 934 g/mol. The van der Waals surface area contributed by atoms with E-state index < -0.39 is 97.1 Å². The van der Waals surface area contributed by atoms with Gasteiger partial charge in [0.05, 0.1) is 29.9 Å². The summed E-state index contributed by atoms with van der Waals surface area (Å²) in [6, 6.07) is 9.93. The number of aliphatic imine (C=N–C) groups is 2. The third-order valence-electron chi connectivity index (χ3n) is 10.4. The fraction of sp³-hybridized carbons (Fsp3) is 0.405. The van der Waals surface area contributed by atoms with Crippen molar-refractivity contribution >= 4 is 65.9 Å². The van der Waals surface area contributed by atoms with Crippen LogP contribution >= 0.6 is 0 Å². The van der Waals surface area contributed by atoms with Gasteiger partial charge in [0.1, 0.15) is 13.2 Å². The lowest BCUT2D eigenvalue weighted by molar-refractivity contribution is -0.126.